The number of benzene rings is 1. The van der Waals surface area contributed by atoms with E-state index in [9.17, 15) is 4.79 Å². The molecular weight excluding hydrogens is 292 g/mol. The standard InChI is InChI=1S/C18H22N2O3/c1-4-13(2)15-7-9-16(10-8-15)23-12-18(21)20-19-14(3)17-6-5-11-22-17/h5-11,13H,4,12H2,1-3H3,(H,20,21)/b19-14+. The number of nitrogens with zero attached hydrogens (tertiary/aromatic N) is 1. The van der Waals surface area contributed by atoms with Gasteiger partial charge in [-0.1, -0.05) is 26.0 Å². The lowest BCUT2D eigenvalue weighted by Gasteiger charge is -2.10. The molecule has 122 valence electrons. The largest absolute Gasteiger partial charge is 0.484 e. The summed E-state index contributed by atoms with van der Waals surface area (Å²) in [6, 6.07) is 11.4. The summed E-state index contributed by atoms with van der Waals surface area (Å²) in [6.07, 6.45) is 2.65. The van der Waals surface area contributed by atoms with E-state index in [4.69, 9.17) is 9.15 Å². The Morgan fingerprint density at radius 1 is 1.30 bits per heavy atom. The fourth-order valence-electron chi connectivity index (χ4n) is 2.00. The molecule has 0 aliphatic heterocycles. The molecule has 23 heavy (non-hydrogen) atoms. The minimum absolute atomic E-state index is 0.0857. The molecule has 1 heterocycles. The van der Waals surface area contributed by atoms with Crippen LogP contribution in [0, 0.1) is 0 Å². The number of hydrazone groups is 1. The molecule has 1 N–H and O–H groups in total. The summed E-state index contributed by atoms with van der Waals surface area (Å²) in [5.41, 5.74) is 4.31. The van der Waals surface area contributed by atoms with Crippen LogP contribution in [0.4, 0.5) is 0 Å². The molecule has 2 rings (SSSR count). The highest BCUT2D eigenvalue weighted by Gasteiger charge is 2.06. The lowest BCUT2D eigenvalue weighted by Crippen LogP contribution is -2.25. The van der Waals surface area contributed by atoms with Crippen LogP contribution in [0.1, 0.15) is 44.4 Å². The van der Waals surface area contributed by atoms with Crippen LogP contribution in [0.3, 0.4) is 0 Å². The second-order valence-corrected chi connectivity index (χ2v) is 5.38. The molecule has 1 amide bonds. The van der Waals surface area contributed by atoms with Gasteiger partial charge in [0.1, 0.15) is 17.2 Å². The number of carbonyl (C=O) groups excluding carboxylic acids is 1. The van der Waals surface area contributed by atoms with Gasteiger partial charge in [0.15, 0.2) is 6.61 Å². The van der Waals surface area contributed by atoms with Crippen LogP contribution in [-0.4, -0.2) is 18.2 Å². The highest BCUT2D eigenvalue weighted by molar-refractivity contribution is 5.96. The summed E-state index contributed by atoms with van der Waals surface area (Å²) < 4.78 is 10.6. The average Bonchev–Trinajstić information content (AvgIpc) is 3.12. The van der Waals surface area contributed by atoms with Crippen LogP contribution in [0.15, 0.2) is 52.2 Å². The molecule has 0 fully saturated rings. The number of carbonyl (C=O) groups is 1. The van der Waals surface area contributed by atoms with Gasteiger partial charge in [-0.25, -0.2) is 5.43 Å². The minimum atomic E-state index is -0.318. The predicted molar refractivity (Wildman–Crippen MR) is 89.7 cm³/mol. The molecule has 1 aromatic heterocycles. The highest BCUT2D eigenvalue weighted by Crippen LogP contribution is 2.21. The van der Waals surface area contributed by atoms with Crippen molar-refractivity contribution in [3.05, 3.63) is 54.0 Å². The topological polar surface area (TPSA) is 63.8 Å². The van der Waals surface area contributed by atoms with Crippen LogP contribution in [0.25, 0.3) is 0 Å². The van der Waals surface area contributed by atoms with E-state index in [2.05, 4.69) is 24.4 Å². The summed E-state index contributed by atoms with van der Waals surface area (Å²) in [5, 5.41) is 3.97. The zero-order valence-electron chi connectivity index (χ0n) is 13.7. The molecule has 5 heteroatoms. The van der Waals surface area contributed by atoms with Gasteiger partial charge in [0.05, 0.1) is 6.26 Å². The van der Waals surface area contributed by atoms with Crippen molar-refractivity contribution < 1.29 is 13.9 Å². The van der Waals surface area contributed by atoms with Crippen molar-refractivity contribution in [2.45, 2.75) is 33.1 Å². The molecule has 0 saturated heterocycles. The smallest absolute Gasteiger partial charge is 0.277 e. The van der Waals surface area contributed by atoms with Crippen molar-refractivity contribution in [1.29, 1.82) is 0 Å². The Labute approximate surface area is 136 Å². The fraction of sp³-hybridized carbons (Fsp3) is 0.333. The molecule has 5 nitrogen and oxygen atoms in total. The van der Waals surface area contributed by atoms with Gasteiger partial charge in [-0.05, 0) is 49.1 Å². The zero-order valence-corrected chi connectivity index (χ0v) is 13.7. The number of rotatable bonds is 7. The molecule has 0 saturated carbocycles. The number of hydrogen-bond acceptors (Lipinski definition) is 4. The van der Waals surface area contributed by atoms with Gasteiger partial charge in [-0.15, -0.1) is 0 Å². The summed E-state index contributed by atoms with van der Waals surface area (Å²) in [7, 11) is 0. The lowest BCUT2D eigenvalue weighted by atomic mass is 9.99. The van der Waals surface area contributed by atoms with Gasteiger partial charge in [-0.3, -0.25) is 4.79 Å². The first kappa shape index (κ1) is 16.8. The first-order valence-electron chi connectivity index (χ1n) is 7.70. The number of hydrogen-bond donors (Lipinski definition) is 1. The molecule has 0 aliphatic carbocycles. The van der Waals surface area contributed by atoms with Crippen molar-refractivity contribution in [3.8, 4) is 5.75 Å². The summed E-state index contributed by atoms with van der Waals surface area (Å²) in [6.45, 7) is 6.01. The quantitative estimate of drug-likeness (QED) is 0.626. The maximum Gasteiger partial charge on any atom is 0.277 e. The van der Waals surface area contributed by atoms with E-state index in [0.717, 1.165) is 6.42 Å². The third kappa shape index (κ3) is 4.98. The van der Waals surface area contributed by atoms with Crippen molar-refractivity contribution >= 4 is 11.6 Å². The normalized spacial score (nSPS) is 12.7. The molecule has 1 atom stereocenters. The van der Waals surface area contributed by atoms with E-state index in [-0.39, 0.29) is 12.5 Å². The van der Waals surface area contributed by atoms with Crippen molar-refractivity contribution in [2.75, 3.05) is 6.61 Å². The van der Waals surface area contributed by atoms with Gasteiger partial charge in [0.2, 0.25) is 0 Å². The van der Waals surface area contributed by atoms with Crippen LogP contribution in [0.5, 0.6) is 5.75 Å². The maximum atomic E-state index is 11.7. The number of furan rings is 1. The number of ether oxygens (including phenoxy) is 1. The van der Waals surface area contributed by atoms with E-state index < -0.39 is 0 Å². The first-order valence-corrected chi connectivity index (χ1v) is 7.70. The van der Waals surface area contributed by atoms with Crippen LogP contribution >= 0.6 is 0 Å². The van der Waals surface area contributed by atoms with Gasteiger partial charge in [-0.2, -0.15) is 5.10 Å². The number of amides is 1. The van der Waals surface area contributed by atoms with Crippen molar-refractivity contribution in [3.63, 3.8) is 0 Å². The van der Waals surface area contributed by atoms with Crippen LogP contribution in [-0.2, 0) is 4.79 Å². The molecule has 0 spiro atoms. The Bertz CT molecular complexity index is 645. The Balaban J connectivity index is 1.81. The second kappa shape index (κ2) is 8.17. The summed E-state index contributed by atoms with van der Waals surface area (Å²) in [4.78, 5) is 11.7. The lowest BCUT2D eigenvalue weighted by molar-refractivity contribution is -0.123. The molecule has 0 aliphatic rings. The molecule has 1 unspecified atom stereocenters. The molecule has 0 bridgehead atoms. The van der Waals surface area contributed by atoms with Crippen molar-refractivity contribution in [2.24, 2.45) is 5.10 Å². The molecular formula is C18H22N2O3. The zero-order chi connectivity index (χ0) is 16.7. The molecule has 2 aromatic rings. The highest BCUT2D eigenvalue weighted by atomic mass is 16.5. The van der Waals surface area contributed by atoms with Crippen LogP contribution in [0.2, 0.25) is 0 Å². The molecule has 1 aromatic carbocycles. The van der Waals surface area contributed by atoms with Gasteiger partial charge < -0.3 is 9.15 Å². The van der Waals surface area contributed by atoms with Gasteiger partial charge in [0.25, 0.3) is 5.91 Å². The van der Waals surface area contributed by atoms with E-state index in [0.29, 0.717) is 23.1 Å². The van der Waals surface area contributed by atoms with E-state index in [1.54, 1.807) is 25.3 Å². The SMILES string of the molecule is CCC(C)c1ccc(OCC(=O)N/N=C(\C)c2ccco2)cc1. The molecule has 0 radical (unpaired) electrons. The summed E-state index contributed by atoms with van der Waals surface area (Å²) >= 11 is 0. The van der Waals surface area contributed by atoms with Gasteiger partial charge >= 0.3 is 0 Å². The average molecular weight is 314 g/mol. The van der Waals surface area contributed by atoms with Crippen LogP contribution < -0.4 is 10.2 Å². The second-order valence-electron chi connectivity index (χ2n) is 5.38. The minimum Gasteiger partial charge on any atom is -0.484 e. The predicted octanol–water partition coefficient (Wildman–Crippen LogP) is 3.71. The number of nitrogens with one attached hydrogen (secondary N) is 1. The Morgan fingerprint density at radius 3 is 2.65 bits per heavy atom. The Kier molecular flexibility index (Phi) is 5.97. The third-order valence-electron chi connectivity index (χ3n) is 3.66. The Morgan fingerprint density at radius 2 is 2.04 bits per heavy atom. The first-order chi connectivity index (χ1) is 11.1. The van der Waals surface area contributed by atoms with E-state index in [1.807, 2.05) is 24.3 Å². The van der Waals surface area contributed by atoms with Gasteiger partial charge in [0, 0.05) is 0 Å². The fourth-order valence-corrected chi connectivity index (χ4v) is 2.00. The van der Waals surface area contributed by atoms with E-state index in [1.165, 1.54) is 5.56 Å². The monoisotopic (exact) mass is 314 g/mol. The summed E-state index contributed by atoms with van der Waals surface area (Å²) in [5.74, 6) is 1.49. The van der Waals surface area contributed by atoms with E-state index >= 15 is 0 Å². The third-order valence-corrected chi connectivity index (χ3v) is 3.66. The Hall–Kier alpha value is -2.56. The maximum absolute atomic E-state index is 11.7. The van der Waals surface area contributed by atoms with Crippen molar-refractivity contribution in [1.82, 2.24) is 5.43 Å².